The van der Waals surface area contributed by atoms with Crippen molar-refractivity contribution in [3.8, 4) is 33.8 Å². The molecule has 0 fully saturated rings. The fraction of sp³-hybridized carbons (Fsp3) is 0.429. The number of nitrogens with one attached hydrogen (secondary N) is 2. The third-order valence-electron chi connectivity index (χ3n) is 12.5. The number of fused-ring (bicyclic) bond motifs is 8. The van der Waals surface area contributed by atoms with Crippen LogP contribution in [0.3, 0.4) is 0 Å². The van der Waals surface area contributed by atoms with E-state index in [1.54, 1.807) is 0 Å². The topological polar surface area (TPSA) is 75.8 Å². The second-order valence-corrected chi connectivity index (χ2v) is 17.6. The molecule has 8 bridgehead atoms. The highest BCUT2D eigenvalue weighted by molar-refractivity contribution is 5.93. The summed E-state index contributed by atoms with van der Waals surface area (Å²) in [6.07, 6.45) is 28.8. The fourth-order valence-electron chi connectivity index (χ4n) is 8.87. The van der Waals surface area contributed by atoms with Crippen LogP contribution in [0.1, 0.15) is 153 Å². The lowest BCUT2D eigenvalue weighted by Crippen LogP contribution is -2.12. The van der Waals surface area contributed by atoms with E-state index in [1.807, 2.05) is 0 Å². The lowest BCUT2D eigenvalue weighted by molar-refractivity contribution is 0.225. The molecule has 0 saturated heterocycles. The third kappa shape index (κ3) is 12.4. The highest BCUT2D eigenvalue weighted by Crippen LogP contribution is 2.34. The summed E-state index contributed by atoms with van der Waals surface area (Å²) in [5, 5.41) is 0. The number of rotatable bonds is 24. The SMILES string of the molecule is CCCCCCC(CCCC)COc1ccc(-c2c3nc(cc4ccc([nH]4)c(-c4ccc(OCC(CCCC)CCCCCC)cc4)c4nc(cc5ccc2[nH]5)C=C4)C=C3)cc1. The monoisotopic (exact) mass is 831 g/mol. The summed E-state index contributed by atoms with van der Waals surface area (Å²) >= 11 is 0. The van der Waals surface area contributed by atoms with Crippen molar-refractivity contribution < 1.29 is 9.47 Å². The fourth-order valence-corrected chi connectivity index (χ4v) is 8.87. The molecule has 2 aliphatic rings. The third-order valence-corrected chi connectivity index (χ3v) is 12.5. The average Bonchev–Trinajstić information content (AvgIpc) is 4.14. The molecule has 0 saturated carbocycles. The van der Waals surface area contributed by atoms with Crippen molar-refractivity contribution in [3.05, 3.63) is 108 Å². The Morgan fingerprint density at radius 2 is 0.839 bits per heavy atom. The van der Waals surface area contributed by atoms with Gasteiger partial charge in [0, 0.05) is 33.2 Å². The van der Waals surface area contributed by atoms with Crippen LogP contribution in [0.15, 0.2) is 84.9 Å². The Hall–Kier alpha value is -5.36. The number of benzene rings is 2. The van der Waals surface area contributed by atoms with Crippen molar-refractivity contribution in [1.29, 1.82) is 0 Å². The van der Waals surface area contributed by atoms with Crippen LogP contribution < -0.4 is 9.47 Å². The van der Waals surface area contributed by atoms with E-state index in [-0.39, 0.29) is 0 Å². The van der Waals surface area contributed by atoms with Gasteiger partial charge in [0.25, 0.3) is 0 Å². The summed E-state index contributed by atoms with van der Waals surface area (Å²) in [5.41, 5.74) is 11.9. The quantitative estimate of drug-likeness (QED) is 0.0595. The Morgan fingerprint density at radius 1 is 0.435 bits per heavy atom. The molecule has 6 nitrogen and oxygen atoms in total. The van der Waals surface area contributed by atoms with Gasteiger partial charge < -0.3 is 19.4 Å². The van der Waals surface area contributed by atoms with Crippen LogP contribution in [0.2, 0.25) is 0 Å². The largest absolute Gasteiger partial charge is 0.493 e. The molecular weight excluding hydrogens is 761 g/mol. The van der Waals surface area contributed by atoms with Gasteiger partial charge in [0.1, 0.15) is 11.5 Å². The number of ether oxygens (including phenoxy) is 2. The minimum absolute atomic E-state index is 0.605. The van der Waals surface area contributed by atoms with Crippen molar-refractivity contribution in [1.82, 2.24) is 19.9 Å². The molecule has 7 rings (SSSR count). The zero-order chi connectivity index (χ0) is 42.9. The van der Waals surface area contributed by atoms with E-state index < -0.39 is 0 Å². The lowest BCUT2D eigenvalue weighted by atomic mass is 9.96. The molecule has 0 aliphatic carbocycles. The molecule has 2 unspecified atom stereocenters. The Balaban J connectivity index is 1.17. The molecule has 3 aromatic heterocycles. The van der Waals surface area contributed by atoms with Gasteiger partial charge in [0.2, 0.25) is 0 Å². The zero-order valence-corrected chi connectivity index (χ0v) is 38.0. The predicted octanol–water partition coefficient (Wildman–Crippen LogP) is 16.3. The molecule has 0 amide bonds. The van der Waals surface area contributed by atoms with Gasteiger partial charge in [-0.3, -0.25) is 0 Å². The van der Waals surface area contributed by atoms with Crippen LogP contribution >= 0.6 is 0 Å². The minimum Gasteiger partial charge on any atom is -0.493 e. The number of aromatic nitrogens is 4. The first kappa shape index (κ1) is 44.7. The van der Waals surface area contributed by atoms with E-state index in [1.165, 1.54) is 103 Å². The molecule has 2 aliphatic heterocycles. The molecule has 5 aromatic rings. The summed E-state index contributed by atoms with van der Waals surface area (Å²) in [7, 11) is 0. The molecule has 0 radical (unpaired) electrons. The van der Waals surface area contributed by atoms with Gasteiger partial charge in [0.05, 0.1) is 36.0 Å². The van der Waals surface area contributed by atoms with E-state index in [4.69, 9.17) is 19.4 Å². The number of unbranched alkanes of at least 4 members (excludes halogenated alkanes) is 8. The van der Waals surface area contributed by atoms with Crippen LogP contribution in [0.4, 0.5) is 0 Å². The smallest absolute Gasteiger partial charge is 0.119 e. The molecule has 2 aromatic carbocycles. The van der Waals surface area contributed by atoms with Crippen molar-refractivity contribution in [3.63, 3.8) is 0 Å². The Kier molecular flexibility index (Phi) is 16.7. The first-order valence-electron chi connectivity index (χ1n) is 24.1. The van der Waals surface area contributed by atoms with Gasteiger partial charge in [-0.05, 0) is 134 Å². The number of nitrogens with zero attached hydrogens (tertiary/aromatic N) is 2. The molecule has 5 heterocycles. The highest BCUT2D eigenvalue weighted by Gasteiger charge is 2.16. The van der Waals surface area contributed by atoms with E-state index >= 15 is 0 Å². The first-order valence-corrected chi connectivity index (χ1v) is 24.1. The minimum atomic E-state index is 0.605. The van der Waals surface area contributed by atoms with Crippen LogP contribution in [0.25, 0.3) is 68.6 Å². The van der Waals surface area contributed by atoms with Crippen LogP contribution in [-0.2, 0) is 0 Å². The molecule has 0 spiro atoms. The van der Waals surface area contributed by atoms with Crippen LogP contribution in [-0.4, -0.2) is 33.1 Å². The predicted molar refractivity (Wildman–Crippen MR) is 264 cm³/mol. The van der Waals surface area contributed by atoms with Gasteiger partial charge in [0.15, 0.2) is 0 Å². The number of hydrogen-bond acceptors (Lipinski definition) is 4. The summed E-state index contributed by atoms with van der Waals surface area (Å²) in [4.78, 5) is 17.8. The highest BCUT2D eigenvalue weighted by atomic mass is 16.5. The molecule has 62 heavy (non-hydrogen) atoms. The summed E-state index contributed by atoms with van der Waals surface area (Å²) in [5.74, 6) is 3.05. The first-order chi connectivity index (χ1) is 30.5. The average molecular weight is 831 g/mol. The number of hydrogen-bond donors (Lipinski definition) is 2. The van der Waals surface area contributed by atoms with Crippen molar-refractivity contribution in [2.45, 2.75) is 130 Å². The normalized spacial score (nSPS) is 13.1. The molecule has 326 valence electrons. The molecule has 2 N–H and O–H groups in total. The van der Waals surface area contributed by atoms with Crippen LogP contribution in [0.5, 0.6) is 11.5 Å². The van der Waals surface area contributed by atoms with Crippen molar-refractivity contribution >= 4 is 46.4 Å². The van der Waals surface area contributed by atoms with Gasteiger partial charge in [-0.2, -0.15) is 0 Å². The van der Waals surface area contributed by atoms with Crippen LogP contribution in [0, 0.1) is 11.8 Å². The maximum Gasteiger partial charge on any atom is 0.119 e. The molecule has 6 heteroatoms. The Labute approximate surface area is 371 Å². The standard InChI is InChI=1S/C56H70N4O2/c1-5-9-13-15-19-41(17-11-7-3)39-61-49-29-21-43(22-30-49)55-51-33-25-45(57-51)37-47-27-35-53(59-47)56(54-36-28-48(60-54)38-46-26-34-52(55)58-46)44-23-31-50(32-24-44)62-40-42(18-12-8-4)20-16-14-10-6-2/h21-38,41-42,57,60H,5-20,39-40H2,1-4H3. The zero-order valence-electron chi connectivity index (χ0n) is 38.0. The molecule has 2 atom stereocenters. The second-order valence-electron chi connectivity index (χ2n) is 17.6. The van der Waals surface area contributed by atoms with Gasteiger partial charge in [-0.15, -0.1) is 0 Å². The van der Waals surface area contributed by atoms with E-state index in [0.717, 1.165) is 91.8 Å². The number of aromatic amines is 2. The maximum absolute atomic E-state index is 6.43. The Bertz CT molecular complexity index is 2210. The number of H-pyrrole nitrogens is 2. The van der Waals surface area contributed by atoms with Gasteiger partial charge in [-0.25, -0.2) is 9.97 Å². The summed E-state index contributed by atoms with van der Waals surface area (Å²) in [6.45, 7) is 10.7. The lowest BCUT2D eigenvalue weighted by Gasteiger charge is -2.18. The molecular formula is C56H70N4O2. The van der Waals surface area contributed by atoms with E-state index in [0.29, 0.717) is 11.8 Å². The van der Waals surface area contributed by atoms with Crippen molar-refractivity contribution in [2.75, 3.05) is 13.2 Å². The Morgan fingerprint density at radius 3 is 1.24 bits per heavy atom. The van der Waals surface area contributed by atoms with E-state index in [9.17, 15) is 0 Å². The maximum atomic E-state index is 6.43. The second kappa shape index (κ2) is 23.2. The van der Waals surface area contributed by atoms with E-state index in [2.05, 4.69) is 147 Å². The van der Waals surface area contributed by atoms with Crippen molar-refractivity contribution in [2.24, 2.45) is 11.8 Å². The van der Waals surface area contributed by atoms with Gasteiger partial charge >= 0.3 is 0 Å². The van der Waals surface area contributed by atoms with Gasteiger partial charge in [-0.1, -0.05) is 129 Å². The summed E-state index contributed by atoms with van der Waals surface area (Å²) < 4.78 is 12.9. The summed E-state index contributed by atoms with van der Waals surface area (Å²) in [6, 6.07) is 30.0.